The molecule has 0 amide bonds. The normalized spacial score (nSPS) is 17.2. The highest BCUT2D eigenvalue weighted by Gasteiger charge is 2.25. The molecule has 2 saturated heterocycles. The van der Waals surface area contributed by atoms with Crippen LogP contribution in [0, 0.1) is 41.4 Å². The molecular formula is C23H28N8O2S. The molecule has 0 bridgehead atoms. The van der Waals surface area contributed by atoms with Gasteiger partial charge in [0.05, 0.1) is 24.4 Å². The molecule has 2 aromatic heterocycles. The molecule has 2 aromatic rings. The number of carbonyl (C=O) groups is 1. The Morgan fingerprint density at radius 3 is 2.06 bits per heavy atom. The predicted molar refractivity (Wildman–Crippen MR) is 129 cm³/mol. The van der Waals surface area contributed by atoms with E-state index in [9.17, 15) is 15.3 Å². The first-order valence-electron chi connectivity index (χ1n) is 11.6. The van der Waals surface area contributed by atoms with Crippen LogP contribution >= 0.6 is 11.3 Å². The van der Waals surface area contributed by atoms with Crippen molar-refractivity contribution in [3.63, 3.8) is 0 Å². The molecule has 0 aliphatic carbocycles. The monoisotopic (exact) mass is 480 g/mol. The van der Waals surface area contributed by atoms with E-state index < -0.39 is 0 Å². The van der Waals surface area contributed by atoms with Crippen molar-refractivity contribution >= 4 is 40.0 Å². The van der Waals surface area contributed by atoms with Crippen molar-refractivity contribution in [3.05, 3.63) is 16.6 Å². The zero-order valence-corrected chi connectivity index (χ0v) is 20.3. The van der Waals surface area contributed by atoms with Crippen LogP contribution in [-0.2, 0) is 4.74 Å². The van der Waals surface area contributed by atoms with Gasteiger partial charge in [-0.15, -0.1) is 0 Å². The Morgan fingerprint density at radius 2 is 1.59 bits per heavy atom. The van der Waals surface area contributed by atoms with E-state index in [2.05, 4.69) is 32.2 Å². The maximum atomic E-state index is 12.2. The first-order valence-corrected chi connectivity index (χ1v) is 12.4. The summed E-state index contributed by atoms with van der Waals surface area (Å²) in [5, 5.41) is 22.2. The number of aromatic nitrogens is 3. The number of anilines is 4. The zero-order chi connectivity index (χ0) is 24.1. The van der Waals surface area contributed by atoms with E-state index in [1.165, 1.54) is 11.3 Å². The van der Waals surface area contributed by atoms with Crippen LogP contribution in [0.1, 0.15) is 48.0 Å². The molecule has 0 aromatic carbocycles. The second-order valence-electron chi connectivity index (χ2n) is 8.47. The molecule has 11 heteroatoms. The number of nitrogens with zero attached hydrogens (tertiary/aromatic N) is 7. The van der Waals surface area contributed by atoms with E-state index >= 15 is 0 Å². The molecule has 4 heterocycles. The lowest BCUT2D eigenvalue weighted by molar-refractivity contribution is 0.0531. The molecule has 0 saturated carbocycles. The average molecular weight is 481 g/mol. The third-order valence-electron chi connectivity index (χ3n) is 6.18. The van der Waals surface area contributed by atoms with Gasteiger partial charge < -0.3 is 14.5 Å². The number of nitrogens with one attached hydrogen (secondary N) is 1. The number of piperidine rings is 2. The Bertz CT molecular complexity index is 1050. The number of rotatable bonds is 6. The molecule has 1 N–H and O–H groups in total. The summed E-state index contributed by atoms with van der Waals surface area (Å²) in [5.41, 5.74) is 0.597. The van der Waals surface area contributed by atoms with Crippen LogP contribution in [0.5, 0.6) is 0 Å². The Morgan fingerprint density at radius 1 is 1.06 bits per heavy atom. The molecule has 4 rings (SSSR count). The molecule has 178 valence electrons. The van der Waals surface area contributed by atoms with Gasteiger partial charge >= 0.3 is 5.97 Å². The summed E-state index contributed by atoms with van der Waals surface area (Å²) in [6.45, 7) is 6.88. The fraction of sp³-hybridized carbons (Fsp3) is 0.565. The predicted octanol–water partition coefficient (Wildman–Crippen LogP) is 3.64. The first-order chi connectivity index (χ1) is 16.5. The number of nitriles is 2. The highest BCUT2D eigenvalue weighted by atomic mass is 32.1. The quantitative estimate of drug-likeness (QED) is 0.611. The maximum Gasteiger partial charge on any atom is 0.350 e. The SMILES string of the molecule is CCOC(=O)c1sc(Nc2nc(N3CCC(C#N)CC3)cc(N3CCC(C#N)CC3)n2)nc1C. The summed E-state index contributed by atoms with van der Waals surface area (Å²) < 4.78 is 5.12. The van der Waals surface area contributed by atoms with Crippen molar-refractivity contribution in [2.24, 2.45) is 11.8 Å². The summed E-state index contributed by atoms with van der Waals surface area (Å²) in [5.74, 6) is 1.78. The Balaban J connectivity index is 1.60. The Labute approximate surface area is 203 Å². The van der Waals surface area contributed by atoms with Crippen LogP contribution in [0.2, 0.25) is 0 Å². The topological polar surface area (TPSA) is 131 Å². The van der Waals surface area contributed by atoms with Crippen LogP contribution in [0.3, 0.4) is 0 Å². The average Bonchev–Trinajstić information content (AvgIpc) is 3.24. The standard InChI is InChI=1S/C23H28N8O2S/c1-3-33-21(32)20-15(2)26-23(34-20)29-22-27-18(30-8-4-16(13-24)5-9-30)12-19(28-22)31-10-6-17(14-25)7-11-31/h12,16-17H,3-11H2,1-2H3,(H,26,27,28,29). The van der Waals surface area contributed by atoms with Crippen molar-refractivity contribution in [2.45, 2.75) is 39.5 Å². The third kappa shape index (κ3) is 5.37. The molecule has 0 spiro atoms. The molecule has 0 atom stereocenters. The van der Waals surface area contributed by atoms with Crippen molar-refractivity contribution in [1.82, 2.24) is 15.0 Å². The largest absolute Gasteiger partial charge is 0.462 e. The number of aryl methyl sites for hydroxylation is 1. The lowest BCUT2D eigenvalue weighted by Gasteiger charge is -2.33. The van der Waals surface area contributed by atoms with E-state index in [1.54, 1.807) is 13.8 Å². The minimum Gasteiger partial charge on any atom is -0.462 e. The number of esters is 1. The van der Waals surface area contributed by atoms with Crippen molar-refractivity contribution in [2.75, 3.05) is 47.9 Å². The van der Waals surface area contributed by atoms with Crippen molar-refractivity contribution in [1.29, 1.82) is 10.5 Å². The molecule has 34 heavy (non-hydrogen) atoms. The summed E-state index contributed by atoms with van der Waals surface area (Å²) in [7, 11) is 0. The second-order valence-corrected chi connectivity index (χ2v) is 9.47. The first kappa shape index (κ1) is 23.7. The highest BCUT2D eigenvalue weighted by molar-refractivity contribution is 7.17. The molecule has 0 radical (unpaired) electrons. The van der Waals surface area contributed by atoms with Crippen LogP contribution < -0.4 is 15.1 Å². The smallest absolute Gasteiger partial charge is 0.350 e. The maximum absolute atomic E-state index is 12.2. The fourth-order valence-corrected chi connectivity index (χ4v) is 5.06. The molecular weight excluding hydrogens is 452 g/mol. The van der Waals surface area contributed by atoms with Gasteiger partial charge in [-0.05, 0) is 39.5 Å². The third-order valence-corrected chi connectivity index (χ3v) is 7.23. The zero-order valence-electron chi connectivity index (χ0n) is 19.5. The van der Waals surface area contributed by atoms with E-state index in [0.29, 0.717) is 28.3 Å². The summed E-state index contributed by atoms with van der Waals surface area (Å²) >= 11 is 1.22. The van der Waals surface area contributed by atoms with Crippen molar-refractivity contribution < 1.29 is 9.53 Å². The van der Waals surface area contributed by atoms with Crippen LogP contribution in [0.25, 0.3) is 0 Å². The number of carbonyl (C=O) groups excluding carboxylic acids is 1. The molecule has 2 fully saturated rings. The van der Waals surface area contributed by atoms with Gasteiger partial charge in [-0.25, -0.2) is 9.78 Å². The summed E-state index contributed by atoms with van der Waals surface area (Å²) in [6.07, 6.45) is 3.23. The number of hydrogen-bond donors (Lipinski definition) is 1. The lowest BCUT2D eigenvalue weighted by atomic mass is 9.98. The second kappa shape index (κ2) is 10.7. The van der Waals surface area contributed by atoms with Crippen LogP contribution in [0.4, 0.5) is 22.7 Å². The molecule has 2 aliphatic rings. The van der Waals surface area contributed by atoms with Gasteiger partial charge in [0.2, 0.25) is 5.95 Å². The number of thiazole rings is 1. The van der Waals surface area contributed by atoms with Gasteiger partial charge in [0, 0.05) is 44.1 Å². The fourth-order valence-electron chi connectivity index (χ4n) is 4.21. The van der Waals surface area contributed by atoms with Gasteiger partial charge in [-0.3, -0.25) is 5.32 Å². The van der Waals surface area contributed by atoms with Crippen LogP contribution in [-0.4, -0.2) is 53.7 Å². The Kier molecular flexibility index (Phi) is 7.43. The van der Waals surface area contributed by atoms with E-state index in [1.807, 2.05) is 6.07 Å². The van der Waals surface area contributed by atoms with Gasteiger partial charge in [-0.1, -0.05) is 11.3 Å². The minimum atomic E-state index is -0.387. The molecule has 2 aliphatic heterocycles. The van der Waals surface area contributed by atoms with E-state index in [0.717, 1.165) is 63.5 Å². The van der Waals surface area contributed by atoms with Gasteiger partial charge in [0.15, 0.2) is 5.13 Å². The number of ether oxygens (including phenoxy) is 1. The van der Waals surface area contributed by atoms with Gasteiger partial charge in [0.1, 0.15) is 16.5 Å². The summed E-state index contributed by atoms with van der Waals surface area (Å²) in [6, 6.07) is 6.72. The van der Waals surface area contributed by atoms with E-state index in [-0.39, 0.29) is 17.8 Å². The lowest BCUT2D eigenvalue weighted by Crippen LogP contribution is -2.36. The van der Waals surface area contributed by atoms with Gasteiger partial charge in [0.25, 0.3) is 0 Å². The van der Waals surface area contributed by atoms with Gasteiger partial charge in [-0.2, -0.15) is 20.5 Å². The Hall–Kier alpha value is -3.44. The summed E-state index contributed by atoms with van der Waals surface area (Å²) in [4.78, 5) is 31.0. The molecule has 0 unspecified atom stereocenters. The highest BCUT2D eigenvalue weighted by Crippen LogP contribution is 2.30. The van der Waals surface area contributed by atoms with Crippen LogP contribution in [0.15, 0.2) is 6.07 Å². The van der Waals surface area contributed by atoms with Crippen molar-refractivity contribution in [3.8, 4) is 12.1 Å². The molecule has 10 nitrogen and oxygen atoms in total. The van der Waals surface area contributed by atoms with E-state index in [4.69, 9.17) is 14.7 Å². The minimum absolute atomic E-state index is 0.0831. The number of hydrogen-bond acceptors (Lipinski definition) is 11.